The predicted octanol–water partition coefficient (Wildman–Crippen LogP) is 4.31. The average Bonchev–Trinajstić information content (AvgIpc) is 2.97. The summed E-state index contributed by atoms with van der Waals surface area (Å²) in [5.41, 5.74) is 8.21. The second kappa shape index (κ2) is 16.1. The highest BCUT2D eigenvalue weighted by Crippen LogP contribution is 2.14. The third-order valence-corrected chi connectivity index (χ3v) is 6.81. The van der Waals surface area contributed by atoms with Crippen LogP contribution in [0.25, 0.3) is 0 Å². The van der Waals surface area contributed by atoms with Gasteiger partial charge in [-0.15, -0.1) is 0 Å². The second-order valence-corrected chi connectivity index (χ2v) is 9.91. The van der Waals surface area contributed by atoms with Crippen molar-refractivity contribution in [2.45, 2.75) is 38.5 Å². The Labute approximate surface area is 239 Å². The van der Waals surface area contributed by atoms with Gasteiger partial charge in [0.15, 0.2) is 0 Å². The molecule has 0 saturated heterocycles. The van der Waals surface area contributed by atoms with E-state index in [1.165, 1.54) is 34.1 Å². The van der Waals surface area contributed by atoms with Crippen LogP contribution in [0.15, 0.2) is 72.8 Å². The number of aryl methyl sites for hydroxylation is 1. The zero-order chi connectivity index (χ0) is 29.6. The minimum Gasteiger partial charge on any atom is -0.497 e. The van der Waals surface area contributed by atoms with Crippen molar-refractivity contribution in [3.8, 4) is 5.75 Å². The van der Waals surface area contributed by atoms with Crippen LogP contribution in [0.3, 0.4) is 0 Å². The van der Waals surface area contributed by atoms with E-state index in [0.29, 0.717) is 31.4 Å². The Kier molecular flexibility index (Phi) is 12.3. The second-order valence-electron chi connectivity index (χ2n) is 9.91. The van der Waals surface area contributed by atoms with Gasteiger partial charge in [0.05, 0.1) is 20.2 Å². The molecule has 0 bridgehead atoms. The third kappa shape index (κ3) is 11.0. The van der Waals surface area contributed by atoms with E-state index in [1.54, 1.807) is 31.4 Å². The molecule has 0 saturated carbocycles. The van der Waals surface area contributed by atoms with Gasteiger partial charge in [0.1, 0.15) is 17.4 Å². The fraction of sp³-hybridized carbons (Fsp3) is 0.344. The monoisotopic (exact) mass is 565 g/mol. The molecule has 3 aromatic rings. The summed E-state index contributed by atoms with van der Waals surface area (Å²) in [5, 5.41) is 0. The zero-order valence-corrected chi connectivity index (χ0v) is 23.4. The maximum absolute atomic E-state index is 13.4. The quantitative estimate of drug-likeness (QED) is 0.262. The van der Waals surface area contributed by atoms with Crippen molar-refractivity contribution < 1.29 is 27.9 Å². The largest absolute Gasteiger partial charge is 0.497 e. The Morgan fingerprint density at radius 1 is 0.659 bits per heavy atom. The number of carbonyl (C=O) groups excluding carboxylic acids is 3. The molecule has 0 aliphatic heterocycles. The number of benzene rings is 3. The summed E-state index contributed by atoms with van der Waals surface area (Å²) in [6.45, 7) is 0.0589. The number of nitrogens with two attached hydrogens (primary N) is 1. The van der Waals surface area contributed by atoms with Gasteiger partial charge in [-0.25, -0.2) is 8.78 Å². The first kappa shape index (κ1) is 31.3. The molecule has 3 amide bonds. The number of carbonyl (C=O) groups is 3. The van der Waals surface area contributed by atoms with E-state index in [0.717, 1.165) is 23.1 Å². The van der Waals surface area contributed by atoms with E-state index in [9.17, 15) is 23.2 Å². The van der Waals surface area contributed by atoms with Gasteiger partial charge < -0.3 is 20.3 Å². The lowest BCUT2D eigenvalue weighted by molar-refractivity contribution is -0.141. The Balaban J connectivity index is 1.63. The molecule has 0 spiro atoms. The lowest BCUT2D eigenvalue weighted by Crippen LogP contribution is -2.47. The first-order valence-electron chi connectivity index (χ1n) is 13.7. The molecule has 7 nitrogen and oxygen atoms in total. The van der Waals surface area contributed by atoms with Crippen molar-refractivity contribution in [3.63, 3.8) is 0 Å². The molecule has 0 heterocycles. The molecule has 0 aliphatic rings. The summed E-state index contributed by atoms with van der Waals surface area (Å²) >= 11 is 0. The van der Waals surface area contributed by atoms with Crippen LogP contribution in [-0.4, -0.2) is 60.8 Å². The number of primary amides is 1. The number of hydrogen-bond acceptors (Lipinski definition) is 4. The summed E-state index contributed by atoms with van der Waals surface area (Å²) in [6, 6.07) is 19.7. The summed E-state index contributed by atoms with van der Waals surface area (Å²) < 4.78 is 31.7. The zero-order valence-electron chi connectivity index (χ0n) is 23.4. The molecule has 3 aromatic carbocycles. The van der Waals surface area contributed by atoms with E-state index in [2.05, 4.69) is 0 Å². The molecule has 0 radical (unpaired) electrons. The van der Waals surface area contributed by atoms with Crippen LogP contribution in [0.1, 0.15) is 36.0 Å². The van der Waals surface area contributed by atoms with Crippen LogP contribution in [-0.2, 0) is 33.6 Å². The van der Waals surface area contributed by atoms with Gasteiger partial charge in [-0.3, -0.25) is 14.4 Å². The Bertz CT molecular complexity index is 1270. The van der Waals surface area contributed by atoms with Crippen LogP contribution in [0, 0.1) is 11.6 Å². The van der Waals surface area contributed by atoms with Crippen molar-refractivity contribution in [1.29, 1.82) is 0 Å². The molecule has 0 unspecified atom stereocenters. The molecular formula is C32H37F2N3O4. The predicted molar refractivity (Wildman–Crippen MR) is 153 cm³/mol. The molecule has 0 aliphatic carbocycles. The number of hydrogen-bond donors (Lipinski definition) is 1. The maximum atomic E-state index is 13.4. The van der Waals surface area contributed by atoms with Crippen molar-refractivity contribution in [3.05, 3.63) is 101 Å². The van der Waals surface area contributed by atoms with E-state index in [-0.39, 0.29) is 56.0 Å². The normalized spacial score (nSPS) is 10.7. The average molecular weight is 566 g/mol. The van der Waals surface area contributed by atoms with Crippen molar-refractivity contribution in [2.75, 3.05) is 33.3 Å². The fourth-order valence-electron chi connectivity index (χ4n) is 4.42. The molecule has 3 rings (SSSR count). The van der Waals surface area contributed by atoms with E-state index in [4.69, 9.17) is 10.5 Å². The fourth-order valence-corrected chi connectivity index (χ4v) is 4.42. The van der Waals surface area contributed by atoms with Gasteiger partial charge in [0.25, 0.3) is 0 Å². The molecule has 0 atom stereocenters. The van der Waals surface area contributed by atoms with E-state index < -0.39 is 5.91 Å². The topological polar surface area (TPSA) is 92.9 Å². The van der Waals surface area contributed by atoms with Crippen LogP contribution in [0.2, 0.25) is 0 Å². The molecule has 2 N–H and O–H groups in total. The molecule has 0 fully saturated rings. The van der Waals surface area contributed by atoms with Crippen LogP contribution >= 0.6 is 0 Å². The van der Waals surface area contributed by atoms with Crippen LogP contribution in [0.4, 0.5) is 8.78 Å². The van der Waals surface area contributed by atoms with Gasteiger partial charge in [0.2, 0.25) is 17.7 Å². The minimum atomic E-state index is -0.641. The summed E-state index contributed by atoms with van der Waals surface area (Å²) in [6.07, 6.45) is 3.21. The Morgan fingerprint density at radius 3 is 1.61 bits per heavy atom. The van der Waals surface area contributed by atoms with Crippen molar-refractivity contribution >= 4 is 17.7 Å². The highest BCUT2D eigenvalue weighted by molar-refractivity contribution is 5.88. The highest BCUT2D eigenvalue weighted by atomic mass is 19.1. The number of methoxy groups -OCH3 is 1. The van der Waals surface area contributed by atoms with Gasteiger partial charge in [-0.05, 0) is 85.2 Å². The van der Waals surface area contributed by atoms with Gasteiger partial charge in [0, 0.05) is 19.5 Å². The number of amides is 3. The van der Waals surface area contributed by atoms with E-state index >= 15 is 0 Å². The lowest BCUT2D eigenvalue weighted by Gasteiger charge is -2.27. The summed E-state index contributed by atoms with van der Waals surface area (Å²) in [4.78, 5) is 41.2. The number of unbranched alkanes of at least 4 members (excludes halogenated alkanes) is 1. The van der Waals surface area contributed by atoms with Gasteiger partial charge >= 0.3 is 0 Å². The number of ether oxygens (including phenoxy) is 1. The number of nitrogens with zero attached hydrogens (tertiary/aromatic N) is 2. The third-order valence-electron chi connectivity index (χ3n) is 6.81. The van der Waals surface area contributed by atoms with Crippen molar-refractivity contribution in [1.82, 2.24) is 9.80 Å². The first-order chi connectivity index (χ1) is 19.7. The first-order valence-corrected chi connectivity index (χ1v) is 13.7. The van der Waals surface area contributed by atoms with Gasteiger partial charge in [-0.2, -0.15) is 0 Å². The van der Waals surface area contributed by atoms with Crippen LogP contribution < -0.4 is 10.5 Å². The molecule has 41 heavy (non-hydrogen) atoms. The molecule has 9 heteroatoms. The molecular weight excluding hydrogens is 528 g/mol. The standard InChI is InChI=1S/C32H37F2N3O4/c1-41-29-16-10-26(11-17-29)18-20-36(22-30(35)38)32(40)23-37(21-19-25-8-14-28(34)15-9-25)31(39)5-3-2-4-24-6-12-27(33)13-7-24/h6-17H,2-5,18-23H2,1H3,(H2,35,38). The Morgan fingerprint density at radius 2 is 1.12 bits per heavy atom. The maximum Gasteiger partial charge on any atom is 0.242 e. The van der Waals surface area contributed by atoms with E-state index in [1.807, 2.05) is 24.3 Å². The molecule has 218 valence electrons. The summed E-state index contributed by atoms with van der Waals surface area (Å²) in [7, 11) is 1.58. The molecule has 0 aromatic heterocycles. The summed E-state index contributed by atoms with van der Waals surface area (Å²) in [5.74, 6) is -1.13. The van der Waals surface area contributed by atoms with Gasteiger partial charge in [-0.1, -0.05) is 36.4 Å². The number of halogens is 2. The van der Waals surface area contributed by atoms with Crippen molar-refractivity contribution in [2.24, 2.45) is 5.73 Å². The SMILES string of the molecule is COc1ccc(CCN(CC(N)=O)C(=O)CN(CCc2ccc(F)cc2)C(=O)CCCCc2ccc(F)cc2)cc1. The smallest absolute Gasteiger partial charge is 0.242 e. The Hall–Kier alpha value is -4.27. The minimum absolute atomic E-state index is 0.186. The van der Waals surface area contributed by atoms with Crippen LogP contribution in [0.5, 0.6) is 5.75 Å². The highest BCUT2D eigenvalue weighted by Gasteiger charge is 2.22. The lowest BCUT2D eigenvalue weighted by atomic mass is 10.1. The number of rotatable bonds is 16.